The van der Waals surface area contributed by atoms with Gasteiger partial charge in [0.05, 0.1) is 11.1 Å². The first-order valence-corrected chi connectivity index (χ1v) is 7.55. The van der Waals surface area contributed by atoms with E-state index in [-0.39, 0.29) is 18.3 Å². The molecular formula is C17H15BrO5. The van der Waals surface area contributed by atoms with Crippen molar-refractivity contribution >= 4 is 27.7 Å². The molecular weight excluding hydrogens is 364 g/mol. The quantitative estimate of drug-likeness (QED) is 0.330. The predicted octanol–water partition coefficient (Wildman–Crippen LogP) is 3.85. The van der Waals surface area contributed by atoms with Crippen LogP contribution in [0.2, 0.25) is 0 Å². The number of esters is 1. The van der Waals surface area contributed by atoms with Crippen molar-refractivity contribution in [3.63, 3.8) is 0 Å². The third kappa shape index (κ3) is 4.64. The molecule has 23 heavy (non-hydrogen) atoms. The Kier molecular flexibility index (Phi) is 5.90. The molecule has 0 heterocycles. The summed E-state index contributed by atoms with van der Waals surface area (Å²) < 4.78 is 16.3. The molecule has 0 aliphatic carbocycles. The fourth-order valence-electron chi connectivity index (χ4n) is 1.84. The second-order valence-corrected chi connectivity index (χ2v) is 5.58. The average molecular weight is 379 g/mol. The number of Topliss-reactive ketones (excluding diaryl/α,β-unsaturated/α-hetero) is 1. The molecule has 0 aromatic heterocycles. The van der Waals surface area contributed by atoms with Crippen molar-refractivity contribution < 1.29 is 23.8 Å². The summed E-state index contributed by atoms with van der Waals surface area (Å²) in [5.74, 6) is -0.166. The van der Waals surface area contributed by atoms with Gasteiger partial charge in [-0.05, 0) is 43.3 Å². The molecule has 0 aliphatic heterocycles. The number of hydrogen-bond donors (Lipinski definition) is 0. The number of hydrogen-bond acceptors (Lipinski definition) is 5. The fraction of sp³-hybridized carbons (Fsp3) is 0.176. The van der Waals surface area contributed by atoms with Gasteiger partial charge in [-0.25, -0.2) is 4.79 Å². The predicted molar refractivity (Wildman–Crippen MR) is 88.1 cm³/mol. The summed E-state index contributed by atoms with van der Waals surface area (Å²) >= 11 is 3.30. The first-order chi connectivity index (χ1) is 11.0. The molecule has 0 atom stereocenters. The SMILES string of the molecule is COCOc1ccc(C(C)=O)c(OC(=O)c2ccc(Br)cc2)c1. The Balaban J connectivity index is 2.26. The summed E-state index contributed by atoms with van der Waals surface area (Å²) in [4.78, 5) is 23.9. The van der Waals surface area contributed by atoms with Gasteiger partial charge in [-0.15, -0.1) is 0 Å². The Bertz CT molecular complexity index is 709. The topological polar surface area (TPSA) is 61.8 Å². The molecule has 5 nitrogen and oxygen atoms in total. The highest BCUT2D eigenvalue weighted by molar-refractivity contribution is 9.10. The van der Waals surface area contributed by atoms with Crippen LogP contribution in [0.15, 0.2) is 46.9 Å². The van der Waals surface area contributed by atoms with E-state index in [1.54, 1.807) is 36.4 Å². The smallest absolute Gasteiger partial charge is 0.343 e. The Morgan fingerprint density at radius 2 is 1.78 bits per heavy atom. The van der Waals surface area contributed by atoms with Crippen molar-refractivity contribution in [2.75, 3.05) is 13.9 Å². The molecule has 0 N–H and O–H groups in total. The zero-order valence-electron chi connectivity index (χ0n) is 12.7. The van der Waals surface area contributed by atoms with Crippen LogP contribution in [-0.2, 0) is 4.74 Å². The normalized spacial score (nSPS) is 10.2. The van der Waals surface area contributed by atoms with E-state index in [1.807, 2.05) is 0 Å². The lowest BCUT2D eigenvalue weighted by atomic mass is 10.1. The van der Waals surface area contributed by atoms with Gasteiger partial charge in [0.15, 0.2) is 12.6 Å². The third-order valence-electron chi connectivity index (χ3n) is 2.96. The van der Waals surface area contributed by atoms with Gasteiger partial charge in [0.1, 0.15) is 11.5 Å². The molecule has 0 amide bonds. The standard InChI is InChI=1S/C17H15BrO5/c1-11(19)15-8-7-14(22-10-21-2)9-16(15)23-17(20)12-3-5-13(18)6-4-12/h3-9H,10H2,1-2H3. The van der Waals surface area contributed by atoms with Gasteiger partial charge in [0.2, 0.25) is 0 Å². The summed E-state index contributed by atoms with van der Waals surface area (Å²) in [5, 5.41) is 0. The molecule has 2 rings (SSSR count). The van der Waals surface area contributed by atoms with Crippen LogP contribution in [0.3, 0.4) is 0 Å². The van der Waals surface area contributed by atoms with Crippen molar-refractivity contribution in [3.8, 4) is 11.5 Å². The van der Waals surface area contributed by atoms with E-state index in [2.05, 4.69) is 15.9 Å². The minimum Gasteiger partial charge on any atom is -0.467 e. The van der Waals surface area contributed by atoms with Crippen molar-refractivity contribution in [2.24, 2.45) is 0 Å². The van der Waals surface area contributed by atoms with E-state index in [1.165, 1.54) is 20.1 Å². The minimum atomic E-state index is -0.552. The number of methoxy groups -OCH3 is 1. The molecule has 0 radical (unpaired) electrons. The monoisotopic (exact) mass is 378 g/mol. The summed E-state index contributed by atoms with van der Waals surface area (Å²) in [5.41, 5.74) is 0.686. The van der Waals surface area contributed by atoms with Crippen molar-refractivity contribution in [3.05, 3.63) is 58.1 Å². The Morgan fingerprint density at radius 1 is 1.09 bits per heavy atom. The molecule has 2 aromatic rings. The molecule has 2 aromatic carbocycles. The maximum Gasteiger partial charge on any atom is 0.343 e. The number of ether oxygens (including phenoxy) is 3. The molecule has 0 saturated carbocycles. The highest BCUT2D eigenvalue weighted by Crippen LogP contribution is 2.26. The van der Waals surface area contributed by atoms with Crippen LogP contribution in [0, 0.1) is 0 Å². The lowest BCUT2D eigenvalue weighted by Crippen LogP contribution is -2.11. The van der Waals surface area contributed by atoms with Crippen LogP contribution in [0.5, 0.6) is 11.5 Å². The highest BCUT2D eigenvalue weighted by Gasteiger charge is 2.15. The van der Waals surface area contributed by atoms with Crippen LogP contribution in [0.1, 0.15) is 27.6 Å². The Hall–Kier alpha value is -2.18. The molecule has 120 valence electrons. The van der Waals surface area contributed by atoms with Crippen molar-refractivity contribution in [1.29, 1.82) is 0 Å². The summed E-state index contributed by atoms with van der Waals surface area (Å²) in [6, 6.07) is 11.4. The highest BCUT2D eigenvalue weighted by atomic mass is 79.9. The molecule has 0 unspecified atom stereocenters. The Labute approximate surface area is 142 Å². The maximum atomic E-state index is 12.2. The third-order valence-corrected chi connectivity index (χ3v) is 3.49. The number of rotatable bonds is 6. The zero-order valence-corrected chi connectivity index (χ0v) is 14.3. The van der Waals surface area contributed by atoms with E-state index in [4.69, 9.17) is 14.2 Å². The van der Waals surface area contributed by atoms with Crippen LogP contribution >= 0.6 is 15.9 Å². The van der Waals surface area contributed by atoms with E-state index in [0.29, 0.717) is 16.9 Å². The Morgan fingerprint density at radius 3 is 2.39 bits per heavy atom. The van der Waals surface area contributed by atoms with E-state index in [9.17, 15) is 9.59 Å². The van der Waals surface area contributed by atoms with E-state index in [0.717, 1.165) is 4.47 Å². The molecule has 0 fully saturated rings. The van der Waals surface area contributed by atoms with E-state index < -0.39 is 5.97 Å². The van der Waals surface area contributed by atoms with E-state index >= 15 is 0 Å². The van der Waals surface area contributed by atoms with Crippen molar-refractivity contribution in [1.82, 2.24) is 0 Å². The summed E-state index contributed by atoms with van der Waals surface area (Å²) in [6.07, 6.45) is 0. The first kappa shape index (κ1) is 17.2. The number of benzene rings is 2. The van der Waals surface area contributed by atoms with Crippen LogP contribution in [0.25, 0.3) is 0 Å². The van der Waals surface area contributed by atoms with Gasteiger partial charge in [-0.2, -0.15) is 0 Å². The maximum absolute atomic E-state index is 12.2. The van der Waals surface area contributed by atoms with Gasteiger partial charge in [-0.3, -0.25) is 4.79 Å². The van der Waals surface area contributed by atoms with Gasteiger partial charge in [0, 0.05) is 17.6 Å². The zero-order chi connectivity index (χ0) is 16.8. The van der Waals surface area contributed by atoms with Gasteiger partial charge >= 0.3 is 5.97 Å². The molecule has 0 saturated heterocycles. The number of carbonyl (C=O) groups is 2. The number of halogens is 1. The molecule has 6 heteroatoms. The molecule has 0 spiro atoms. The fourth-order valence-corrected chi connectivity index (χ4v) is 2.10. The lowest BCUT2D eigenvalue weighted by Gasteiger charge is -2.11. The largest absolute Gasteiger partial charge is 0.467 e. The van der Waals surface area contributed by atoms with Gasteiger partial charge in [-0.1, -0.05) is 15.9 Å². The second-order valence-electron chi connectivity index (χ2n) is 4.66. The second kappa shape index (κ2) is 7.89. The van der Waals surface area contributed by atoms with Gasteiger partial charge in [0.25, 0.3) is 0 Å². The van der Waals surface area contributed by atoms with Gasteiger partial charge < -0.3 is 14.2 Å². The number of ketones is 1. The number of carbonyl (C=O) groups excluding carboxylic acids is 2. The average Bonchev–Trinajstić information content (AvgIpc) is 2.53. The summed E-state index contributed by atoms with van der Waals surface area (Å²) in [7, 11) is 1.50. The van der Waals surface area contributed by atoms with Crippen LogP contribution in [0.4, 0.5) is 0 Å². The van der Waals surface area contributed by atoms with Crippen molar-refractivity contribution in [2.45, 2.75) is 6.92 Å². The lowest BCUT2D eigenvalue weighted by molar-refractivity contribution is 0.0508. The van der Waals surface area contributed by atoms with Crippen LogP contribution < -0.4 is 9.47 Å². The van der Waals surface area contributed by atoms with Crippen LogP contribution in [-0.4, -0.2) is 25.7 Å². The minimum absolute atomic E-state index is 0.0551. The molecule has 0 aliphatic rings. The summed E-state index contributed by atoms with van der Waals surface area (Å²) in [6.45, 7) is 1.46. The first-order valence-electron chi connectivity index (χ1n) is 6.75. The molecule has 0 bridgehead atoms.